The molecule has 0 radical (unpaired) electrons. The first kappa shape index (κ1) is 24.2. The molecule has 6 nitrogen and oxygen atoms in total. The third kappa shape index (κ3) is 6.58. The third-order valence-electron chi connectivity index (χ3n) is 6.44. The monoisotopic (exact) mass is 467 g/mol. The van der Waals surface area contributed by atoms with Gasteiger partial charge < -0.3 is 14.2 Å². The lowest BCUT2D eigenvalue weighted by Crippen LogP contribution is -2.39. The average molecular weight is 468 g/mol. The van der Waals surface area contributed by atoms with E-state index in [1.54, 1.807) is 25.3 Å². The number of likely N-dealkylation sites (tertiary alicyclic amines) is 1. The second-order valence-corrected chi connectivity index (χ2v) is 8.95. The van der Waals surface area contributed by atoms with Crippen LogP contribution in [-0.4, -0.2) is 53.7 Å². The SMILES string of the molecule is COC1(COc2ccccc2F)CCCN(Cc2ccc(OCCn3ccc(C)n3)cc2)CC1. The number of ether oxygens (including phenoxy) is 3. The summed E-state index contributed by atoms with van der Waals surface area (Å²) in [4.78, 5) is 2.44. The second kappa shape index (κ2) is 11.5. The first-order valence-electron chi connectivity index (χ1n) is 11.9. The normalized spacial score (nSPS) is 19.0. The van der Waals surface area contributed by atoms with E-state index in [1.165, 1.54) is 11.6 Å². The van der Waals surface area contributed by atoms with E-state index in [9.17, 15) is 4.39 Å². The number of rotatable bonds is 10. The molecule has 1 unspecified atom stereocenters. The molecule has 1 aliphatic rings. The van der Waals surface area contributed by atoms with Gasteiger partial charge in [0, 0.05) is 26.4 Å². The maximum Gasteiger partial charge on any atom is 0.165 e. The smallest absolute Gasteiger partial charge is 0.165 e. The Morgan fingerprint density at radius 1 is 1.00 bits per heavy atom. The van der Waals surface area contributed by atoms with Gasteiger partial charge in [0.25, 0.3) is 0 Å². The Kier molecular flexibility index (Phi) is 8.19. The first-order chi connectivity index (χ1) is 16.5. The lowest BCUT2D eigenvalue weighted by molar-refractivity contribution is -0.0548. The summed E-state index contributed by atoms with van der Waals surface area (Å²) >= 11 is 0. The number of para-hydroxylation sites is 1. The predicted molar refractivity (Wildman–Crippen MR) is 130 cm³/mol. The number of aromatic nitrogens is 2. The molecule has 1 fully saturated rings. The van der Waals surface area contributed by atoms with E-state index in [2.05, 4.69) is 22.1 Å². The molecule has 34 heavy (non-hydrogen) atoms. The summed E-state index contributed by atoms with van der Waals surface area (Å²) in [6.45, 7) is 6.41. The zero-order chi connectivity index (χ0) is 23.8. The van der Waals surface area contributed by atoms with Crippen molar-refractivity contribution in [1.29, 1.82) is 0 Å². The van der Waals surface area contributed by atoms with Crippen LogP contribution in [0.1, 0.15) is 30.5 Å². The molecule has 7 heteroatoms. The molecule has 0 N–H and O–H groups in total. The molecule has 2 aromatic carbocycles. The topological polar surface area (TPSA) is 48.8 Å². The van der Waals surface area contributed by atoms with E-state index >= 15 is 0 Å². The van der Waals surface area contributed by atoms with Gasteiger partial charge in [-0.05, 0) is 68.6 Å². The zero-order valence-corrected chi connectivity index (χ0v) is 20.1. The summed E-state index contributed by atoms with van der Waals surface area (Å²) in [6.07, 6.45) is 4.69. The Hall–Kier alpha value is -2.90. The lowest BCUT2D eigenvalue weighted by Gasteiger charge is -2.31. The molecule has 1 aliphatic heterocycles. The fourth-order valence-corrected chi connectivity index (χ4v) is 4.35. The van der Waals surface area contributed by atoms with Crippen molar-refractivity contribution < 1.29 is 18.6 Å². The van der Waals surface area contributed by atoms with E-state index in [0.29, 0.717) is 13.2 Å². The van der Waals surface area contributed by atoms with Gasteiger partial charge >= 0.3 is 0 Å². The van der Waals surface area contributed by atoms with Crippen molar-refractivity contribution in [1.82, 2.24) is 14.7 Å². The van der Waals surface area contributed by atoms with Crippen LogP contribution in [-0.2, 0) is 17.8 Å². The van der Waals surface area contributed by atoms with Gasteiger partial charge in [-0.3, -0.25) is 9.58 Å². The molecule has 2 heterocycles. The molecule has 1 atom stereocenters. The minimum Gasteiger partial charge on any atom is -0.492 e. The molecule has 1 saturated heterocycles. The molecule has 3 aromatic rings. The summed E-state index contributed by atoms with van der Waals surface area (Å²) in [6, 6.07) is 16.8. The van der Waals surface area contributed by atoms with Crippen LogP contribution >= 0.6 is 0 Å². The Bertz CT molecular complexity index is 1040. The summed E-state index contributed by atoms with van der Waals surface area (Å²) in [7, 11) is 1.73. The summed E-state index contributed by atoms with van der Waals surface area (Å²) in [5.41, 5.74) is 1.86. The minimum absolute atomic E-state index is 0.280. The van der Waals surface area contributed by atoms with E-state index in [1.807, 2.05) is 36.0 Å². The van der Waals surface area contributed by atoms with Crippen molar-refractivity contribution >= 4 is 0 Å². The fourth-order valence-electron chi connectivity index (χ4n) is 4.35. The van der Waals surface area contributed by atoms with Gasteiger partial charge in [-0.25, -0.2) is 4.39 Å². The van der Waals surface area contributed by atoms with E-state index in [4.69, 9.17) is 14.2 Å². The number of hydrogen-bond donors (Lipinski definition) is 0. The van der Waals surface area contributed by atoms with Crippen molar-refractivity contribution in [2.75, 3.05) is 33.4 Å². The predicted octanol–water partition coefficient (Wildman–Crippen LogP) is 4.86. The van der Waals surface area contributed by atoms with Crippen LogP contribution in [0.15, 0.2) is 60.8 Å². The van der Waals surface area contributed by atoms with Crippen LogP contribution in [0.3, 0.4) is 0 Å². The summed E-state index contributed by atoms with van der Waals surface area (Å²) in [5.74, 6) is 0.808. The van der Waals surface area contributed by atoms with Gasteiger partial charge in [0.15, 0.2) is 11.6 Å². The van der Waals surface area contributed by atoms with Gasteiger partial charge in [-0.15, -0.1) is 0 Å². The van der Waals surface area contributed by atoms with Crippen molar-refractivity contribution in [3.8, 4) is 11.5 Å². The highest BCUT2D eigenvalue weighted by atomic mass is 19.1. The molecule has 182 valence electrons. The number of methoxy groups -OCH3 is 1. The third-order valence-corrected chi connectivity index (χ3v) is 6.44. The summed E-state index contributed by atoms with van der Waals surface area (Å²) < 4.78 is 33.4. The number of benzene rings is 2. The molecule has 4 rings (SSSR count). The van der Waals surface area contributed by atoms with Gasteiger partial charge in [0.05, 0.1) is 12.2 Å². The number of nitrogens with zero attached hydrogens (tertiary/aromatic N) is 3. The molecule has 0 amide bonds. The number of hydrogen-bond acceptors (Lipinski definition) is 5. The van der Waals surface area contributed by atoms with Crippen LogP contribution in [0.25, 0.3) is 0 Å². The Morgan fingerprint density at radius 3 is 2.56 bits per heavy atom. The first-order valence-corrected chi connectivity index (χ1v) is 11.9. The van der Waals surface area contributed by atoms with Crippen LogP contribution < -0.4 is 9.47 Å². The van der Waals surface area contributed by atoms with Crippen LogP contribution in [0, 0.1) is 12.7 Å². The quantitative estimate of drug-likeness (QED) is 0.426. The molecule has 0 spiro atoms. The number of aryl methyl sites for hydroxylation is 1. The van der Waals surface area contributed by atoms with Crippen molar-refractivity contribution in [2.24, 2.45) is 0 Å². The van der Waals surface area contributed by atoms with Gasteiger partial charge in [-0.2, -0.15) is 5.10 Å². The van der Waals surface area contributed by atoms with E-state index in [0.717, 1.165) is 56.9 Å². The van der Waals surface area contributed by atoms with E-state index in [-0.39, 0.29) is 11.6 Å². The molecule has 0 aliphatic carbocycles. The maximum absolute atomic E-state index is 13.9. The highest BCUT2D eigenvalue weighted by Gasteiger charge is 2.33. The van der Waals surface area contributed by atoms with Crippen LogP contribution in [0.2, 0.25) is 0 Å². The molecule has 1 aromatic heterocycles. The fraction of sp³-hybridized carbons (Fsp3) is 0.444. The Morgan fingerprint density at radius 2 is 1.82 bits per heavy atom. The second-order valence-electron chi connectivity index (χ2n) is 8.95. The molecular weight excluding hydrogens is 433 g/mol. The lowest BCUT2D eigenvalue weighted by atomic mass is 9.95. The zero-order valence-electron chi connectivity index (χ0n) is 20.1. The maximum atomic E-state index is 13.9. The van der Waals surface area contributed by atoms with Gasteiger partial charge in [0.2, 0.25) is 0 Å². The molecule has 0 saturated carbocycles. The minimum atomic E-state index is -0.401. The highest BCUT2D eigenvalue weighted by molar-refractivity contribution is 5.27. The van der Waals surface area contributed by atoms with Crippen LogP contribution in [0.5, 0.6) is 11.5 Å². The van der Waals surface area contributed by atoms with Crippen molar-refractivity contribution in [2.45, 2.75) is 44.9 Å². The standard InChI is InChI=1S/C27H34FN3O3/c1-22-12-16-31(29-22)18-19-33-24-10-8-23(9-11-24)20-30-15-5-13-27(32-2,14-17-30)21-34-26-7-4-3-6-25(26)28/h3-4,6-12,16H,5,13-15,17-21H2,1-2H3. The van der Waals surface area contributed by atoms with Crippen molar-refractivity contribution in [3.05, 3.63) is 77.9 Å². The Labute approximate surface area is 201 Å². The van der Waals surface area contributed by atoms with Gasteiger partial charge in [-0.1, -0.05) is 24.3 Å². The largest absolute Gasteiger partial charge is 0.492 e. The van der Waals surface area contributed by atoms with E-state index < -0.39 is 5.60 Å². The molecular formula is C27H34FN3O3. The van der Waals surface area contributed by atoms with Crippen LogP contribution in [0.4, 0.5) is 4.39 Å². The highest BCUT2D eigenvalue weighted by Crippen LogP contribution is 2.29. The van der Waals surface area contributed by atoms with Crippen molar-refractivity contribution in [3.63, 3.8) is 0 Å². The van der Waals surface area contributed by atoms with Gasteiger partial charge in [0.1, 0.15) is 24.6 Å². The average Bonchev–Trinajstić information content (AvgIpc) is 3.16. The number of halogens is 1. The summed E-state index contributed by atoms with van der Waals surface area (Å²) in [5, 5.41) is 4.37. The Balaban J connectivity index is 1.25. The molecule has 0 bridgehead atoms.